The summed E-state index contributed by atoms with van der Waals surface area (Å²) in [6.07, 6.45) is 0.479. The van der Waals surface area contributed by atoms with Crippen LogP contribution in [-0.4, -0.2) is 24.4 Å². The van der Waals surface area contributed by atoms with E-state index in [0.717, 1.165) is 10.4 Å². The van der Waals surface area contributed by atoms with E-state index in [2.05, 4.69) is 16.7 Å². The van der Waals surface area contributed by atoms with Crippen molar-refractivity contribution < 1.29 is 9.59 Å². The molecular formula is C20H20N4O2S. The second-order valence-corrected chi connectivity index (χ2v) is 7.47. The first-order chi connectivity index (χ1) is 12.9. The zero-order chi connectivity index (χ0) is 19.8. The van der Waals surface area contributed by atoms with Gasteiger partial charge in [0, 0.05) is 10.4 Å². The van der Waals surface area contributed by atoms with Crippen LogP contribution in [0.25, 0.3) is 10.4 Å². The van der Waals surface area contributed by atoms with Crippen molar-refractivity contribution in [1.82, 2.24) is 10.6 Å². The fraction of sp³-hybridized carbons (Fsp3) is 0.300. The molecule has 1 atom stereocenters. The molecule has 1 aromatic heterocycles. The molecule has 2 aromatic rings. The van der Waals surface area contributed by atoms with E-state index in [1.165, 1.54) is 11.3 Å². The van der Waals surface area contributed by atoms with E-state index in [0.29, 0.717) is 16.9 Å². The standard InChI is InChI=1S/C20H20N4O2S/c1-13(2)11-17(20(26)23-10-9-21)24-19(25)15-5-3-14(4-6-15)18-8-7-16(12-22)27-18/h3-8,13,17H,10-11H2,1-2H3,(H,23,26)(H,24,25)/t17-/m0/s1. The maximum absolute atomic E-state index is 12.5. The van der Waals surface area contributed by atoms with Crippen molar-refractivity contribution in [2.45, 2.75) is 26.3 Å². The maximum atomic E-state index is 12.5. The lowest BCUT2D eigenvalue weighted by Crippen LogP contribution is -2.47. The summed E-state index contributed by atoms with van der Waals surface area (Å²) in [5, 5.41) is 22.8. The van der Waals surface area contributed by atoms with E-state index < -0.39 is 6.04 Å². The zero-order valence-electron chi connectivity index (χ0n) is 15.2. The predicted octanol–water partition coefficient (Wildman–Crippen LogP) is 3.07. The number of carbonyl (C=O) groups excluding carboxylic acids is 2. The zero-order valence-corrected chi connectivity index (χ0v) is 16.0. The van der Waals surface area contributed by atoms with E-state index >= 15 is 0 Å². The number of benzene rings is 1. The number of hydrogen-bond acceptors (Lipinski definition) is 5. The summed E-state index contributed by atoms with van der Waals surface area (Å²) in [7, 11) is 0. The van der Waals surface area contributed by atoms with Gasteiger partial charge in [-0.15, -0.1) is 11.3 Å². The van der Waals surface area contributed by atoms with Gasteiger partial charge >= 0.3 is 0 Å². The molecule has 2 rings (SSSR count). The van der Waals surface area contributed by atoms with Crippen molar-refractivity contribution in [2.75, 3.05) is 6.54 Å². The van der Waals surface area contributed by atoms with Gasteiger partial charge in [-0.3, -0.25) is 9.59 Å². The highest BCUT2D eigenvalue weighted by atomic mass is 32.1. The van der Waals surface area contributed by atoms with Gasteiger partial charge in [0.15, 0.2) is 0 Å². The number of nitrogens with zero attached hydrogens (tertiary/aromatic N) is 2. The Labute approximate surface area is 162 Å². The molecule has 0 aliphatic carbocycles. The van der Waals surface area contributed by atoms with Gasteiger partial charge < -0.3 is 10.6 Å². The predicted molar refractivity (Wildman–Crippen MR) is 104 cm³/mol. The molecule has 1 aromatic carbocycles. The van der Waals surface area contributed by atoms with E-state index in [1.54, 1.807) is 18.2 Å². The fourth-order valence-electron chi connectivity index (χ4n) is 2.53. The number of rotatable bonds is 7. The molecule has 0 saturated heterocycles. The molecule has 138 valence electrons. The lowest BCUT2D eigenvalue weighted by atomic mass is 10.0. The normalized spacial score (nSPS) is 11.3. The molecule has 0 aliphatic rings. The van der Waals surface area contributed by atoms with Gasteiger partial charge in [0.25, 0.3) is 5.91 Å². The smallest absolute Gasteiger partial charge is 0.251 e. The van der Waals surface area contributed by atoms with Crippen molar-refractivity contribution in [3.05, 3.63) is 46.8 Å². The van der Waals surface area contributed by atoms with Crippen LogP contribution in [0.1, 0.15) is 35.5 Å². The molecular weight excluding hydrogens is 360 g/mol. The number of amides is 2. The van der Waals surface area contributed by atoms with Crippen molar-refractivity contribution in [3.8, 4) is 22.6 Å². The summed E-state index contributed by atoms with van der Waals surface area (Å²) >= 11 is 1.39. The summed E-state index contributed by atoms with van der Waals surface area (Å²) in [5.74, 6) is -0.500. The third kappa shape index (κ3) is 5.67. The minimum atomic E-state index is -0.694. The van der Waals surface area contributed by atoms with Crippen molar-refractivity contribution in [1.29, 1.82) is 10.5 Å². The van der Waals surface area contributed by atoms with E-state index in [-0.39, 0.29) is 24.3 Å². The number of hydrogen-bond donors (Lipinski definition) is 2. The fourth-order valence-corrected chi connectivity index (χ4v) is 3.34. The number of nitrogens with one attached hydrogen (secondary N) is 2. The van der Waals surface area contributed by atoms with Gasteiger partial charge in [0.2, 0.25) is 5.91 Å². The minimum absolute atomic E-state index is 0.0938. The van der Waals surface area contributed by atoms with Crippen LogP contribution in [0.3, 0.4) is 0 Å². The van der Waals surface area contributed by atoms with Crippen LogP contribution in [0.15, 0.2) is 36.4 Å². The SMILES string of the molecule is CC(C)C[C@H](NC(=O)c1ccc(-c2ccc(C#N)s2)cc1)C(=O)NCC#N. The second kappa shape index (κ2) is 9.51. The molecule has 0 radical (unpaired) electrons. The molecule has 27 heavy (non-hydrogen) atoms. The minimum Gasteiger partial charge on any atom is -0.341 e. The lowest BCUT2D eigenvalue weighted by molar-refractivity contribution is -0.123. The van der Waals surface area contributed by atoms with Gasteiger partial charge in [-0.25, -0.2) is 0 Å². The summed E-state index contributed by atoms with van der Waals surface area (Å²) in [5.41, 5.74) is 1.36. The van der Waals surface area contributed by atoms with Gasteiger partial charge in [-0.1, -0.05) is 26.0 Å². The Morgan fingerprint density at radius 3 is 2.37 bits per heavy atom. The molecule has 0 unspecified atom stereocenters. The van der Waals surface area contributed by atoms with Crippen LogP contribution >= 0.6 is 11.3 Å². The highest BCUT2D eigenvalue weighted by Crippen LogP contribution is 2.27. The number of carbonyl (C=O) groups is 2. The first kappa shape index (κ1) is 20.2. The Balaban J connectivity index is 2.09. The van der Waals surface area contributed by atoms with Crippen molar-refractivity contribution in [2.24, 2.45) is 5.92 Å². The second-order valence-electron chi connectivity index (χ2n) is 6.38. The molecule has 0 fully saturated rings. The molecule has 0 spiro atoms. The Hall–Kier alpha value is -3.16. The molecule has 7 heteroatoms. The third-order valence-corrected chi connectivity index (χ3v) is 4.86. The van der Waals surface area contributed by atoms with Crippen LogP contribution in [0.2, 0.25) is 0 Å². The van der Waals surface area contributed by atoms with Crippen molar-refractivity contribution >= 4 is 23.2 Å². The van der Waals surface area contributed by atoms with Crippen LogP contribution in [0, 0.1) is 28.6 Å². The third-order valence-electron chi connectivity index (χ3n) is 3.82. The summed E-state index contributed by atoms with van der Waals surface area (Å²) in [6, 6.07) is 13.9. The Morgan fingerprint density at radius 2 is 1.81 bits per heavy atom. The molecule has 2 N–H and O–H groups in total. The summed E-state index contributed by atoms with van der Waals surface area (Å²) < 4.78 is 0. The van der Waals surface area contributed by atoms with E-state index in [9.17, 15) is 9.59 Å². The van der Waals surface area contributed by atoms with Gasteiger partial charge in [0.1, 0.15) is 23.5 Å². The Kier molecular flexibility index (Phi) is 7.10. The van der Waals surface area contributed by atoms with Crippen molar-refractivity contribution in [3.63, 3.8) is 0 Å². The van der Waals surface area contributed by atoms with Gasteiger partial charge in [-0.05, 0) is 42.2 Å². The molecule has 1 heterocycles. The average molecular weight is 380 g/mol. The topological polar surface area (TPSA) is 106 Å². The number of thiophene rings is 1. The van der Waals surface area contributed by atoms with Gasteiger partial charge in [0.05, 0.1) is 6.07 Å². The first-order valence-corrected chi connectivity index (χ1v) is 9.32. The van der Waals surface area contributed by atoms with E-state index in [1.807, 2.05) is 38.1 Å². The van der Waals surface area contributed by atoms with E-state index in [4.69, 9.17) is 10.5 Å². The number of nitriles is 2. The Bertz CT molecular complexity index is 888. The highest BCUT2D eigenvalue weighted by Gasteiger charge is 2.22. The van der Waals surface area contributed by atoms with Crippen LogP contribution in [0.5, 0.6) is 0 Å². The molecule has 0 aliphatic heterocycles. The lowest BCUT2D eigenvalue weighted by Gasteiger charge is -2.19. The average Bonchev–Trinajstić information content (AvgIpc) is 3.14. The molecule has 2 amide bonds. The van der Waals surface area contributed by atoms with Crippen LogP contribution < -0.4 is 10.6 Å². The maximum Gasteiger partial charge on any atom is 0.251 e. The summed E-state index contributed by atoms with van der Waals surface area (Å²) in [4.78, 5) is 26.3. The Morgan fingerprint density at radius 1 is 1.11 bits per heavy atom. The largest absolute Gasteiger partial charge is 0.341 e. The molecule has 0 saturated carbocycles. The highest BCUT2D eigenvalue weighted by molar-refractivity contribution is 7.16. The van der Waals surface area contributed by atoms with Crippen LogP contribution in [-0.2, 0) is 4.79 Å². The first-order valence-electron chi connectivity index (χ1n) is 8.50. The monoisotopic (exact) mass is 380 g/mol. The summed E-state index contributed by atoms with van der Waals surface area (Å²) in [6.45, 7) is 3.83. The van der Waals surface area contributed by atoms with Crippen LogP contribution in [0.4, 0.5) is 0 Å². The molecule has 0 bridgehead atoms. The quantitative estimate of drug-likeness (QED) is 0.720. The molecule has 6 nitrogen and oxygen atoms in total. The van der Waals surface area contributed by atoms with Gasteiger partial charge in [-0.2, -0.15) is 10.5 Å².